The Kier molecular flexibility index (Phi) is 2.77. The number of carbonyl (C=O) groups excluding carboxylic acids is 1. The number of rotatable bonds is 3. The number of nitrogens with zero attached hydrogens (tertiary/aromatic N) is 3. The maximum Gasteiger partial charge on any atom is 0.354 e. The van der Waals surface area contributed by atoms with Crippen LogP contribution in [0, 0.1) is 0 Å². The van der Waals surface area contributed by atoms with Crippen LogP contribution in [0.4, 0.5) is 5.82 Å². The van der Waals surface area contributed by atoms with Crippen molar-refractivity contribution < 1.29 is 14.7 Å². The lowest BCUT2D eigenvalue weighted by atomic mass is 10.3. The van der Waals surface area contributed by atoms with Gasteiger partial charge in [-0.3, -0.25) is 4.79 Å². The van der Waals surface area contributed by atoms with Crippen molar-refractivity contribution >= 4 is 17.7 Å². The van der Waals surface area contributed by atoms with Gasteiger partial charge >= 0.3 is 5.97 Å². The zero-order valence-electron chi connectivity index (χ0n) is 8.41. The lowest BCUT2D eigenvalue weighted by Crippen LogP contribution is -2.14. The normalized spacial score (nSPS) is 9.88. The van der Waals surface area contributed by atoms with Gasteiger partial charge in [0.25, 0.3) is 5.91 Å². The Labute approximate surface area is 94.7 Å². The number of carboxylic acid groups (broad SMARTS) is 1. The smallest absolute Gasteiger partial charge is 0.354 e. The maximum absolute atomic E-state index is 11.5. The molecule has 2 aromatic rings. The zero-order chi connectivity index (χ0) is 12.3. The minimum Gasteiger partial charge on any atom is -0.477 e. The summed E-state index contributed by atoms with van der Waals surface area (Å²) in [7, 11) is 0. The second-order valence-electron chi connectivity index (χ2n) is 3.02. The fourth-order valence-corrected chi connectivity index (χ4v) is 1.11. The molecule has 2 rings (SSSR count). The average Bonchev–Trinajstić information content (AvgIpc) is 2.82. The largest absolute Gasteiger partial charge is 0.477 e. The molecule has 2 aromatic heterocycles. The quantitative estimate of drug-likeness (QED) is 0.693. The van der Waals surface area contributed by atoms with Gasteiger partial charge < -0.3 is 10.4 Å². The number of carbonyl (C=O) groups is 2. The van der Waals surface area contributed by atoms with Crippen LogP contribution in [-0.4, -0.2) is 37.4 Å². The first-order valence-electron chi connectivity index (χ1n) is 4.54. The van der Waals surface area contributed by atoms with Gasteiger partial charge in [0.1, 0.15) is 5.82 Å². The van der Waals surface area contributed by atoms with Crippen molar-refractivity contribution in [3.05, 3.63) is 35.8 Å². The summed E-state index contributed by atoms with van der Waals surface area (Å²) < 4.78 is 0. The molecule has 8 heteroatoms. The van der Waals surface area contributed by atoms with Gasteiger partial charge in [0.2, 0.25) is 0 Å². The maximum atomic E-state index is 11.5. The van der Waals surface area contributed by atoms with Crippen molar-refractivity contribution in [2.75, 3.05) is 5.32 Å². The molecule has 0 atom stereocenters. The van der Waals surface area contributed by atoms with E-state index >= 15 is 0 Å². The molecule has 0 aliphatic carbocycles. The van der Waals surface area contributed by atoms with E-state index in [0.29, 0.717) is 0 Å². The third-order valence-corrected chi connectivity index (χ3v) is 1.86. The first kappa shape index (κ1) is 10.7. The van der Waals surface area contributed by atoms with E-state index in [4.69, 9.17) is 5.11 Å². The van der Waals surface area contributed by atoms with Crippen LogP contribution in [0.3, 0.4) is 0 Å². The summed E-state index contributed by atoms with van der Waals surface area (Å²) in [5, 5.41) is 20.5. The summed E-state index contributed by atoms with van der Waals surface area (Å²) in [5.74, 6) is -1.55. The molecular formula is C9H7N5O3. The molecule has 0 unspecified atom stereocenters. The molecule has 0 saturated carbocycles. The highest BCUT2D eigenvalue weighted by Crippen LogP contribution is 2.06. The summed E-state index contributed by atoms with van der Waals surface area (Å²) in [6.07, 6.45) is 1.25. The Morgan fingerprint density at radius 2 is 2.12 bits per heavy atom. The molecule has 17 heavy (non-hydrogen) atoms. The molecule has 2 heterocycles. The predicted octanol–water partition coefficient (Wildman–Crippen LogP) is 0.150. The molecule has 0 radical (unpaired) electrons. The lowest BCUT2D eigenvalue weighted by molar-refractivity contribution is 0.0690. The molecule has 8 nitrogen and oxygen atoms in total. The first-order chi connectivity index (χ1) is 8.16. The summed E-state index contributed by atoms with van der Waals surface area (Å²) >= 11 is 0. The average molecular weight is 233 g/mol. The number of anilines is 1. The number of nitrogens with one attached hydrogen (secondary N) is 2. The summed E-state index contributed by atoms with van der Waals surface area (Å²) in [6, 6.07) is 4.29. The van der Waals surface area contributed by atoms with Crippen LogP contribution in [0.1, 0.15) is 21.0 Å². The number of pyridine rings is 1. The molecule has 86 valence electrons. The Bertz CT molecular complexity index is 552. The van der Waals surface area contributed by atoms with Crippen LogP contribution < -0.4 is 5.32 Å². The van der Waals surface area contributed by atoms with Gasteiger partial charge in [0.15, 0.2) is 11.4 Å². The van der Waals surface area contributed by atoms with Crippen LogP contribution >= 0.6 is 0 Å². The Morgan fingerprint density at radius 3 is 2.76 bits per heavy atom. The number of H-pyrrole nitrogens is 1. The van der Waals surface area contributed by atoms with Gasteiger partial charge in [-0.1, -0.05) is 6.07 Å². The fraction of sp³-hybridized carbons (Fsp3) is 0. The van der Waals surface area contributed by atoms with Gasteiger partial charge in [0.05, 0.1) is 6.20 Å². The molecule has 1 amide bonds. The third kappa shape index (κ3) is 2.43. The van der Waals surface area contributed by atoms with Gasteiger partial charge in [0, 0.05) is 0 Å². The molecule has 0 spiro atoms. The number of aromatic amines is 1. The number of aromatic nitrogens is 4. The van der Waals surface area contributed by atoms with Crippen molar-refractivity contribution in [1.29, 1.82) is 0 Å². The van der Waals surface area contributed by atoms with E-state index in [1.54, 1.807) is 0 Å². The van der Waals surface area contributed by atoms with Crippen LogP contribution in [0.15, 0.2) is 24.4 Å². The van der Waals surface area contributed by atoms with Crippen LogP contribution in [0.2, 0.25) is 0 Å². The molecular weight excluding hydrogens is 226 g/mol. The van der Waals surface area contributed by atoms with Crippen molar-refractivity contribution in [1.82, 2.24) is 20.4 Å². The van der Waals surface area contributed by atoms with Gasteiger partial charge in [-0.2, -0.15) is 15.4 Å². The van der Waals surface area contributed by atoms with Gasteiger partial charge in [-0.25, -0.2) is 9.78 Å². The summed E-state index contributed by atoms with van der Waals surface area (Å²) in [5.41, 5.74) is -0.0597. The summed E-state index contributed by atoms with van der Waals surface area (Å²) in [6.45, 7) is 0. The molecule has 0 aliphatic heterocycles. The molecule has 0 bridgehead atoms. The van der Waals surface area contributed by atoms with E-state index in [-0.39, 0.29) is 17.2 Å². The minimum absolute atomic E-state index is 0.0903. The molecule has 0 aromatic carbocycles. The fourth-order valence-electron chi connectivity index (χ4n) is 1.11. The van der Waals surface area contributed by atoms with Crippen LogP contribution in [-0.2, 0) is 0 Å². The highest BCUT2D eigenvalue weighted by Gasteiger charge is 2.11. The van der Waals surface area contributed by atoms with E-state index < -0.39 is 11.9 Å². The number of hydrogen-bond acceptors (Lipinski definition) is 5. The predicted molar refractivity (Wildman–Crippen MR) is 55.5 cm³/mol. The Morgan fingerprint density at radius 1 is 1.29 bits per heavy atom. The zero-order valence-corrected chi connectivity index (χ0v) is 8.41. The Hall–Kier alpha value is -2.77. The Balaban J connectivity index is 2.16. The minimum atomic E-state index is -1.16. The van der Waals surface area contributed by atoms with Crippen molar-refractivity contribution in [3.63, 3.8) is 0 Å². The van der Waals surface area contributed by atoms with E-state index in [1.807, 2.05) is 0 Å². The number of amides is 1. The van der Waals surface area contributed by atoms with Crippen LogP contribution in [0.25, 0.3) is 0 Å². The number of hydrogen-bond donors (Lipinski definition) is 3. The van der Waals surface area contributed by atoms with Crippen molar-refractivity contribution in [3.8, 4) is 0 Å². The molecule has 0 aliphatic rings. The highest BCUT2D eigenvalue weighted by molar-refractivity contribution is 6.02. The van der Waals surface area contributed by atoms with E-state index in [1.165, 1.54) is 24.4 Å². The SMILES string of the molecule is O=C(O)c1cccc(NC(=O)c2cn[nH]n2)n1. The molecule has 3 N–H and O–H groups in total. The highest BCUT2D eigenvalue weighted by atomic mass is 16.4. The molecule has 0 saturated heterocycles. The lowest BCUT2D eigenvalue weighted by Gasteiger charge is -2.02. The second kappa shape index (κ2) is 4.39. The topological polar surface area (TPSA) is 121 Å². The summed E-state index contributed by atoms with van der Waals surface area (Å²) in [4.78, 5) is 25.9. The monoisotopic (exact) mass is 233 g/mol. The number of aromatic carboxylic acids is 1. The van der Waals surface area contributed by atoms with Gasteiger partial charge in [-0.05, 0) is 12.1 Å². The van der Waals surface area contributed by atoms with E-state index in [0.717, 1.165) is 0 Å². The van der Waals surface area contributed by atoms with Crippen molar-refractivity contribution in [2.45, 2.75) is 0 Å². The molecule has 0 fully saturated rings. The second-order valence-corrected chi connectivity index (χ2v) is 3.02. The third-order valence-electron chi connectivity index (χ3n) is 1.86. The van der Waals surface area contributed by atoms with E-state index in [9.17, 15) is 9.59 Å². The van der Waals surface area contributed by atoms with Crippen molar-refractivity contribution in [2.24, 2.45) is 0 Å². The van der Waals surface area contributed by atoms with E-state index in [2.05, 4.69) is 25.7 Å². The number of carboxylic acids is 1. The first-order valence-corrected chi connectivity index (χ1v) is 4.54. The van der Waals surface area contributed by atoms with Gasteiger partial charge in [-0.15, -0.1) is 0 Å². The standard InChI is InChI=1S/C9H7N5O3/c15-8(6-4-10-14-13-6)12-7-3-1-2-5(11-7)9(16)17/h1-4H,(H,16,17)(H,10,13,14)(H,11,12,15). The van der Waals surface area contributed by atoms with Crippen LogP contribution in [0.5, 0.6) is 0 Å².